The van der Waals surface area contributed by atoms with Crippen LogP contribution in [0.3, 0.4) is 0 Å². The fourth-order valence-corrected chi connectivity index (χ4v) is 4.27. The van der Waals surface area contributed by atoms with E-state index in [9.17, 15) is 0 Å². The molecule has 2 unspecified atom stereocenters. The normalized spacial score (nSPS) is 12.9. The maximum Gasteiger partial charge on any atom is 0.163 e. The summed E-state index contributed by atoms with van der Waals surface area (Å²) in [5.41, 5.74) is 0.845. The van der Waals surface area contributed by atoms with Crippen LogP contribution in [0.2, 0.25) is 0 Å². The molecule has 0 aliphatic carbocycles. The molecule has 0 aliphatic rings. The molecule has 0 N–H and O–H groups in total. The second-order valence-electron chi connectivity index (χ2n) is 6.61. The van der Waals surface area contributed by atoms with Crippen LogP contribution < -0.4 is 0 Å². The molecule has 0 fully saturated rings. The van der Waals surface area contributed by atoms with Gasteiger partial charge in [0.25, 0.3) is 0 Å². The number of hydrogen-bond donors (Lipinski definition) is 0. The average Bonchev–Trinajstić information content (AvgIpc) is 2.51. The Morgan fingerprint density at radius 1 is 0.619 bits per heavy atom. The van der Waals surface area contributed by atoms with Crippen LogP contribution in [-0.4, -0.2) is 5.66 Å². The van der Waals surface area contributed by atoms with E-state index in [1.54, 1.807) is 0 Å². The molecule has 0 nitrogen and oxygen atoms in total. The molecule has 0 spiro atoms. The second-order valence-corrected chi connectivity index (χ2v) is 8.37. The minimum atomic E-state index is 0.743. The molecule has 0 aromatic carbocycles. The highest BCUT2D eigenvalue weighted by Gasteiger charge is 2.08. The van der Waals surface area contributed by atoms with Crippen molar-refractivity contribution in [2.75, 3.05) is 0 Å². The molecule has 2 heteroatoms. The van der Waals surface area contributed by atoms with E-state index < -0.39 is 0 Å². The molecule has 0 aromatic rings. The van der Waals surface area contributed by atoms with Gasteiger partial charge in [-0.25, -0.2) is 0 Å². The van der Waals surface area contributed by atoms with Gasteiger partial charge in [-0.05, 0) is 19.3 Å². The summed E-state index contributed by atoms with van der Waals surface area (Å²) in [5, 5.41) is 0. The van der Waals surface area contributed by atoms with Crippen LogP contribution in [0, 0.1) is 0 Å². The van der Waals surface area contributed by atoms with Gasteiger partial charge in [0, 0.05) is 0 Å². The van der Waals surface area contributed by atoms with E-state index in [1.807, 2.05) is 0 Å². The Bertz CT molecular complexity index is 206. The standard InChI is InChI=1S/C19H39PS/c1-3-5-6-7-8-9-10-11-12-13-14-15-16-17-18-19(4-2)20-21/h19H,3-18H2,1-2H3/p+1. The molecule has 0 saturated heterocycles. The van der Waals surface area contributed by atoms with E-state index in [1.165, 1.54) is 103 Å². The number of rotatable bonds is 17. The van der Waals surface area contributed by atoms with Crippen molar-refractivity contribution in [1.29, 1.82) is 0 Å². The minimum absolute atomic E-state index is 0.743. The Labute approximate surface area is 141 Å². The van der Waals surface area contributed by atoms with Gasteiger partial charge in [0.2, 0.25) is 0 Å². The van der Waals surface area contributed by atoms with Gasteiger partial charge in [-0.3, -0.25) is 0 Å². The van der Waals surface area contributed by atoms with Crippen LogP contribution >= 0.6 is 7.36 Å². The Morgan fingerprint density at radius 2 is 1.00 bits per heavy atom. The van der Waals surface area contributed by atoms with Crippen LogP contribution in [0.15, 0.2) is 0 Å². The van der Waals surface area contributed by atoms with Gasteiger partial charge in [-0.1, -0.05) is 97.3 Å². The van der Waals surface area contributed by atoms with E-state index in [-0.39, 0.29) is 0 Å². The van der Waals surface area contributed by atoms with Crippen LogP contribution in [-0.2, 0) is 11.8 Å². The molecule has 0 heterocycles. The monoisotopic (exact) mass is 331 g/mol. The Balaban J connectivity index is 3.04. The molecule has 2 atom stereocenters. The minimum Gasteiger partial charge on any atom is -0.0654 e. The van der Waals surface area contributed by atoms with Crippen molar-refractivity contribution in [2.45, 2.75) is 122 Å². The molecular formula is C19H40PS+. The van der Waals surface area contributed by atoms with Gasteiger partial charge in [0.15, 0.2) is 19.2 Å². The first-order valence-electron chi connectivity index (χ1n) is 9.72. The third-order valence-electron chi connectivity index (χ3n) is 4.57. The molecule has 0 saturated carbocycles. The topological polar surface area (TPSA) is 0 Å². The Kier molecular flexibility index (Phi) is 19.0. The van der Waals surface area contributed by atoms with Crippen LogP contribution in [0.1, 0.15) is 117 Å². The van der Waals surface area contributed by atoms with Crippen molar-refractivity contribution in [3.63, 3.8) is 0 Å². The first-order valence-corrected chi connectivity index (χ1v) is 11.9. The molecule has 0 aromatic heterocycles. The lowest BCUT2D eigenvalue weighted by Crippen LogP contribution is -1.95. The number of hydrogen-bond acceptors (Lipinski definition) is 1. The van der Waals surface area contributed by atoms with Gasteiger partial charge < -0.3 is 0 Å². The lowest BCUT2D eigenvalue weighted by atomic mass is 10.0. The lowest BCUT2D eigenvalue weighted by molar-refractivity contribution is 0.530. The second kappa shape index (κ2) is 18.6. The molecule has 0 radical (unpaired) electrons. The van der Waals surface area contributed by atoms with E-state index >= 15 is 0 Å². The smallest absolute Gasteiger partial charge is 0.0654 e. The van der Waals surface area contributed by atoms with Gasteiger partial charge in [0.05, 0.1) is 0 Å². The van der Waals surface area contributed by atoms with Crippen LogP contribution in [0.25, 0.3) is 0 Å². The first kappa shape index (κ1) is 21.5. The largest absolute Gasteiger partial charge is 0.163 e. The highest BCUT2D eigenvalue weighted by atomic mass is 32.4. The molecule has 0 amide bonds. The van der Waals surface area contributed by atoms with E-state index in [2.05, 4.69) is 13.8 Å². The molecule has 0 rings (SSSR count). The quantitative estimate of drug-likeness (QED) is 0.194. The predicted octanol–water partition coefficient (Wildman–Crippen LogP) is 7.78. The highest BCUT2D eigenvalue weighted by Crippen LogP contribution is 2.19. The Hall–Kier alpha value is 0.520. The summed E-state index contributed by atoms with van der Waals surface area (Å²) in [6.07, 6.45) is 23.0. The highest BCUT2D eigenvalue weighted by molar-refractivity contribution is 7.96. The summed E-state index contributed by atoms with van der Waals surface area (Å²) in [7, 11) is 0.743. The van der Waals surface area contributed by atoms with Gasteiger partial charge in [-0.2, -0.15) is 0 Å². The van der Waals surface area contributed by atoms with Crippen LogP contribution in [0.4, 0.5) is 0 Å². The third kappa shape index (κ3) is 16.7. The molecule has 0 aliphatic heterocycles. The maximum atomic E-state index is 5.20. The van der Waals surface area contributed by atoms with E-state index in [0.29, 0.717) is 0 Å². The van der Waals surface area contributed by atoms with Gasteiger partial charge >= 0.3 is 0 Å². The first-order chi connectivity index (χ1) is 10.3. The van der Waals surface area contributed by atoms with Crippen molar-refractivity contribution in [3.8, 4) is 0 Å². The lowest BCUT2D eigenvalue weighted by Gasteiger charge is -2.04. The zero-order chi connectivity index (χ0) is 15.6. The summed E-state index contributed by atoms with van der Waals surface area (Å²) < 4.78 is 0. The van der Waals surface area contributed by atoms with E-state index in [0.717, 1.165) is 13.0 Å². The van der Waals surface area contributed by atoms with Gasteiger partial charge in [0.1, 0.15) is 5.66 Å². The summed E-state index contributed by atoms with van der Waals surface area (Å²) in [4.78, 5) is 0. The van der Waals surface area contributed by atoms with E-state index in [4.69, 9.17) is 11.8 Å². The van der Waals surface area contributed by atoms with Crippen LogP contribution in [0.5, 0.6) is 0 Å². The fourth-order valence-electron chi connectivity index (χ4n) is 2.93. The number of unbranched alkanes of at least 4 members (excludes halogenated alkanes) is 13. The predicted molar refractivity (Wildman–Crippen MR) is 105 cm³/mol. The summed E-state index contributed by atoms with van der Waals surface area (Å²) in [6.45, 7) is 4.58. The average molecular weight is 332 g/mol. The zero-order valence-corrected chi connectivity index (χ0v) is 16.6. The summed E-state index contributed by atoms with van der Waals surface area (Å²) in [5.74, 6) is 0. The molecule has 126 valence electrons. The SMILES string of the molecule is CCCCCCCCCCCCCCCCC(CC)[PH+]=S. The van der Waals surface area contributed by atoms with Crippen molar-refractivity contribution in [2.24, 2.45) is 0 Å². The fraction of sp³-hybridized carbons (Fsp3) is 1.00. The summed E-state index contributed by atoms with van der Waals surface area (Å²) >= 11 is 5.20. The Morgan fingerprint density at radius 3 is 1.33 bits per heavy atom. The van der Waals surface area contributed by atoms with Crippen molar-refractivity contribution < 1.29 is 0 Å². The maximum absolute atomic E-state index is 5.20. The molecule has 21 heavy (non-hydrogen) atoms. The molecule has 0 bridgehead atoms. The van der Waals surface area contributed by atoms with Crippen molar-refractivity contribution in [3.05, 3.63) is 0 Å². The summed E-state index contributed by atoms with van der Waals surface area (Å²) in [6, 6.07) is 0. The van der Waals surface area contributed by atoms with Gasteiger partial charge in [-0.15, -0.1) is 0 Å². The molecular weight excluding hydrogens is 291 g/mol. The van der Waals surface area contributed by atoms with Crippen molar-refractivity contribution >= 4 is 19.2 Å². The zero-order valence-electron chi connectivity index (χ0n) is 14.8. The third-order valence-corrected chi connectivity index (χ3v) is 6.60. The van der Waals surface area contributed by atoms with Crippen molar-refractivity contribution in [1.82, 2.24) is 0 Å².